The van der Waals surface area contributed by atoms with Crippen LogP contribution in [0.1, 0.15) is 76.7 Å². The van der Waals surface area contributed by atoms with E-state index in [0.29, 0.717) is 6.61 Å². The van der Waals surface area contributed by atoms with Gasteiger partial charge in [-0.3, -0.25) is 4.79 Å². The molecular formula is C22H32O2. The standard InChI is InChI=1S/C22H32O2/c1-2-24-22(23)21-17-13-8-6-4-3-5-7-12-16-20(21)18-19-14-10-9-11-15-19/h9-11,14-15,18,21H,2-8,12-13,16-17H2,1H3. The van der Waals surface area contributed by atoms with E-state index in [0.717, 1.165) is 19.3 Å². The Hall–Kier alpha value is -1.57. The van der Waals surface area contributed by atoms with Gasteiger partial charge in [-0.05, 0) is 31.7 Å². The number of hydrogen-bond donors (Lipinski definition) is 0. The molecule has 1 aliphatic rings. The Kier molecular flexibility index (Phi) is 8.65. The molecule has 1 fully saturated rings. The Morgan fingerprint density at radius 3 is 2.29 bits per heavy atom. The molecule has 0 radical (unpaired) electrons. The van der Waals surface area contributed by atoms with Gasteiger partial charge in [-0.1, -0.05) is 86.9 Å². The Labute approximate surface area is 147 Å². The average molecular weight is 328 g/mol. The summed E-state index contributed by atoms with van der Waals surface area (Å²) in [7, 11) is 0. The average Bonchev–Trinajstić information content (AvgIpc) is 2.58. The molecule has 2 rings (SSSR count). The van der Waals surface area contributed by atoms with E-state index in [1.807, 2.05) is 13.0 Å². The molecule has 0 bridgehead atoms. The van der Waals surface area contributed by atoms with Gasteiger partial charge in [0.1, 0.15) is 0 Å². The molecule has 0 saturated heterocycles. The van der Waals surface area contributed by atoms with Crippen molar-refractivity contribution in [2.24, 2.45) is 5.92 Å². The molecule has 0 aromatic heterocycles. The summed E-state index contributed by atoms with van der Waals surface area (Å²) in [5, 5.41) is 0. The maximum Gasteiger partial charge on any atom is 0.313 e. The van der Waals surface area contributed by atoms with Crippen LogP contribution in [0.15, 0.2) is 35.9 Å². The van der Waals surface area contributed by atoms with Crippen molar-refractivity contribution in [2.45, 2.75) is 71.1 Å². The number of carbonyl (C=O) groups excluding carboxylic acids is 1. The zero-order chi connectivity index (χ0) is 17.0. The van der Waals surface area contributed by atoms with Crippen molar-refractivity contribution in [1.29, 1.82) is 0 Å². The van der Waals surface area contributed by atoms with Crippen molar-refractivity contribution in [1.82, 2.24) is 0 Å². The molecule has 24 heavy (non-hydrogen) atoms. The fourth-order valence-corrected chi connectivity index (χ4v) is 3.55. The molecule has 1 atom stereocenters. The molecule has 0 aliphatic heterocycles. The van der Waals surface area contributed by atoms with E-state index in [2.05, 4.69) is 30.3 Å². The van der Waals surface area contributed by atoms with Gasteiger partial charge in [-0.25, -0.2) is 0 Å². The van der Waals surface area contributed by atoms with E-state index >= 15 is 0 Å². The molecule has 132 valence electrons. The Balaban J connectivity index is 2.20. The van der Waals surface area contributed by atoms with Crippen LogP contribution in [0, 0.1) is 5.92 Å². The number of esters is 1. The van der Waals surface area contributed by atoms with E-state index in [4.69, 9.17) is 4.74 Å². The fraction of sp³-hybridized carbons (Fsp3) is 0.591. The maximum atomic E-state index is 12.6. The molecule has 0 spiro atoms. The van der Waals surface area contributed by atoms with Gasteiger partial charge in [-0.15, -0.1) is 0 Å². The molecule has 2 heteroatoms. The van der Waals surface area contributed by atoms with Crippen LogP contribution in [-0.4, -0.2) is 12.6 Å². The van der Waals surface area contributed by atoms with Crippen LogP contribution in [0.25, 0.3) is 6.08 Å². The summed E-state index contributed by atoms with van der Waals surface area (Å²) in [5.74, 6) is -0.0960. The molecule has 1 unspecified atom stereocenters. The van der Waals surface area contributed by atoms with Crippen molar-refractivity contribution < 1.29 is 9.53 Å². The lowest BCUT2D eigenvalue weighted by Gasteiger charge is -2.20. The normalized spacial score (nSPS) is 22.4. The van der Waals surface area contributed by atoms with Gasteiger partial charge >= 0.3 is 5.97 Å². The predicted octanol–water partition coefficient (Wildman–Crippen LogP) is 6.16. The Bertz CT molecular complexity index is 504. The number of carbonyl (C=O) groups is 1. The van der Waals surface area contributed by atoms with E-state index in [1.165, 1.54) is 56.1 Å². The first-order chi connectivity index (χ1) is 11.8. The summed E-state index contributed by atoms with van der Waals surface area (Å²) in [6, 6.07) is 10.4. The second-order valence-corrected chi connectivity index (χ2v) is 6.80. The highest BCUT2D eigenvalue weighted by atomic mass is 16.5. The van der Waals surface area contributed by atoms with Gasteiger partial charge in [0.05, 0.1) is 12.5 Å². The van der Waals surface area contributed by atoms with Gasteiger partial charge in [0.2, 0.25) is 0 Å². The topological polar surface area (TPSA) is 26.3 Å². The second-order valence-electron chi connectivity index (χ2n) is 6.80. The Morgan fingerprint density at radius 2 is 1.62 bits per heavy atom. The lowest BCUT2D eigenvalue weighted by molar-refractivity contribution is -0.146. The smallest absolute Gasteiger partial charge is 0.313 e. The number of hydrogen-bond acceptors (Lipinski definition) is 2. The van der Waals surface area contributed by atoms with Crippen LogP contribution in [0.2, 0.25) is 0 Å². The zero-order valence-electron chi connectivity index (χ0n) is 15.1. The summed E-state index contributed by atoms with van der Waals surface area (Å²) in [6.45, 7) is 2.36. The maximum absolute atomic E-state index is 12.6. The zero-order valence-corrected chi connectivity index (χ0v) is 15.1. The van der Waals surface area contributed by atoms with E-state index in [9.17, 15) is 4.79 Å². The molecule has 0 N–H and O–H groups in total. The third kappa shape index (κ3) is 6.51. The van der Waals surface area contributed by atoms with Crippen LogP contribution in [0.3, 0.4) is 0 Å². The highest BCUT2D eigenvalue weighted by Crippen LogP contribution is 2.28. The van der Waals surface area contributed by atoms with Crippen LogP contribution < -0.4 is 0 Å². The fourth-order valence-electron chi connectivity index (χ4n) is 3.55. The van der Waals surface area contributed by atoms with Crippen molar-refractivity contribution in [2.75, 3.05) is 6.61 Å². The van der Waals surface area contributed by atoms with Crippen LogP contribution in [-0.2, 0) is 9.53 Å². The van der Waals surface area contributed by atoms with E-state index in [1.54, 1.807) is 0 Å². The first-order valence-corrected chi connectivity index (χ1v) is 9.73. The molecule has 1 aromatic carbocycles. The van der Waals surface area contributed by atoms with Gasteiger partial charge in [0.25, 0.3) is 0 Å². The summed E-state index contributed by atoms with van der Waals surface area (Å²) in [4.78, 5) is 12.6. The van der Waals surface area contributed by atoms with Crippen molar-refractivity contribution >= 4 is 12.0 Å². The number of benzene rings is 1. The number of ether oxygens (including phenoxy) is 1. The van der Waals surface area contributed by atoms with Crippen LogP contribution >= 0.6 is 0 Å². The van der Waals surface area contributed by atoms with Gasteiger partial charge in [0.15, 0.2) is 0 Å². The molecule has 1 aromatic rings. The van der Waals surface area contributed by atoms with Gasteiger partial charge < -0.3 is 4.74 Å². The molecule has 1 saturated carbocycles. The molecule has 1 aliphatic carbocycles. The summed E-state index contributed by atoms with van der Waals surface area (Å²) in [6.07, 6.45) is 14.3. The molecule has 0 amide bonds. The lowest BCUT2D eigenvalue weighted by Crippen LogP contribution is -2.20. The highest BCUT2D eigenvalue weighted by Gasteiger charge is 2.23. The minimum absolute atomic E-state index is 0.0308. The monoisotopic (exact) mass is 328 g/mol. The summed E-state index contributed by atoms with van der Waals surface area (Å²) >= 11 is 0. The summed E-state index contributed by atoms with van der Waals surface area (Å²) in [5.41, 5.74) is 2.45. The van der Waals surface area contributed by atoms with Crippen molar-refractivity contribution in [3.05, 3.63) is 41.5 Å². The third-order valence-electron chi connectivity index (χ3n) is 4.88. The van der Waals surface area contributed by atoms with Gasteiger partial charge in [-0.2, -0.15) is 0 Å². The summed E-state index contributed by atoms with van der Waals surface area (Å²) < 4.78 is 5.39. The molecular weight excluding hydrogens is 296 g/mol. The first-order valence-electron chi connectivity index (χ1n) is 9.73. The third-order valence-corrected chi connectivity index (χ3v) is 4.88. The quantitative estimate of drug-likeness (QED) is 0.621. The van der Waals surface area contributed by atoms with Crippen molar-refractivity contribution in [3.8, 4) is 0 Å². The SMILES string of the molecule is CCOC(=O)C1CCCCCCCCCCC1=Cc1ccccc1. The van der Waals surface area contributed by atoms with Gasteiger partial charge in [0, 0.05) is 0 Å². The van der Waals surface area contributed by atoms with Crippen molar-refractivity contribution in [3.63, 3.8) is 0 Å². The largest absolute Gasteiger partial charge is 0.466 e. The van der Waals surface area contributed by atoms with E-state index < -0.39 is 0 Å². The van der Waals surface area contributed by atoms with E-state index in [-0.39, 0.29) is 11.9 Å². The minimum Gasteiger partial charge on any atom is -0.466 e. The first kappa shape index (κ1) is 18.8. The molecule has 2 nitrogen and oxygen atoms in total. The second kappa shape index (κ2) is 11.1. The molecule has 0 heterocycles. The predicted molar refractivity (Wildman–Crippen MR) is 101 cm³/mol. The van der Waals surface area contributed by atoms with Crippen LogP contribution in [0.4, 0.5) is 0 Å². The minimum atomic E-state index is -0.0652. The number of rotatable bonds is 3. The Morgan fingerprint density at radius 1 is 1.00 bits per heavy atom. The lowest BCUT2D eigenvalue weighted by atomic mass is 9.87. The highest BCUT2D eigenvalue weighted by molar-refractivity contribution is 5.78. The van der Waals surface area contributed by atoms with Crippen LogP contribution in [0.5, 0.6) is 0 Å².